The van der Waals surface area contributed by atoms with E-state index in [0.717, 1.165) is 16.1 Å². The fourth-order valence-electron chi connectivity index (χ4n) is 2.51. The first-order valence-electron chi connectivity index (χ1n) is 8.68. The van der Waals surface area contributed by atoms with Crippen molar-refractivity contribution in [2.24, 2.45) is 0 Å². The zero-order valence-electron chi connectivity index (χ0n) is 15.8. The van der Waals surface area contributed by atoms with Crippen LogP contribution in [-0.4, -0.2) is 23.5 Å². The quantitative estimate of drug-likeness (QED) is 0.558. The van der Waals surface area contributed by atoms with Crippen LogP contribution in [0.3, 0.4) is 0 Å². The fourth-order valence-corrected chi connectivity index (χ4v) is 4.09. The highest BCUT2D eigenvalue weighted by Gasteiger charge is 2.22. The molecule has 0 unspecified atom stereocenters. The molecule has 0 spiro atoms. The fraction of sp³-hybridized carbons (Fsp3) is 0.250. The molecule has 3 rings (SSSR count). The molecule has 0 saturated carbocycles. The highest BCUT2D eigenvalue weighted by molar-refractivity contribution is 7.16. The van der Waals surface area contributed by atoms with E-state index in [2.05, 4.69) is 10.3 Å². The molecule has 6 nitrogen and oxygen atoms in total. The van der Waals surface area contributed by atoms with Gasteiger partial charge in [0.25, 0.3) is 5.91 Å². The topological polar surface area (TPSA) is 77.5 Å². The number of hydrogen-bond acceptors (Lipinski definition) is 7. The van der Waals surface area contributed by atoms with Crippen LogP contribution in [0.25, 0.3) is 0 Å². The largest absolute Gasteiger partial charge is 0.487 e. The Morgan fingerprint density at radius 2 is 1.93 bits per heavy atom. The molecule has 1 amide bonds. The number of esters is 1. The van der Waals surface area contributed by atoms with Crippen molar-refractivity contribution < 1.29 is 19.1 Å². The van der Waals surface area contributed by atoms with Gasteiger partial charge in [-0.15, -0.1) is 22.7 Å². The Morgan fingerprint density at radius 3 is 2.57 bits per heavy atom. The highest BCUT2D eigenvalue weighted by Crippen LogP contribution is 2.33. The molecule has 0 bridgehead atoms. The molecule has 0 radical (unpaired) electrons. The van der Waals surface area contributed by atoms with E-state index >= 15 is 0 Å². The maximum atomic E-state index is 12.6. The maximum absolute atomic E-state index is 12.6. The number of carbonyl (C=O) groups is 2. The summed E-state index contributed by atoms with van der Waals surface area (Å²) in [6, 6.07) is 6.84. The van der Waals surface area contributed by atoms with Gasteiger partial charge in [-0.25, -0.2) is 9.78 Å². The van der Waals surface area contributed by atoms with Gasteiger partial charge in [0.1, 0.15) is 17.4 Å². The van der Waals surface area contributed by atoms with Crippen molar-refractivity contribution in [1.82, 2.24) is 4.98 Å². The molecule has 28 heavy (non-hydrogen) atoms. The Hall–Kier alpha value is -2.71. The van der Waals surface area contributed by atoms with Crippen LogP contribution < -0.4 is 10.1 Å². The maximum Gasteiger partial charge on any atom is 0.341 e. The number of carbonyl (C=O) groups excluding carboxylic acids is 2. The lowest BCUT2D eigenvalue weighted by atomic mass is 10.1. The lowest BCUT2D eigenvalue weighted by Gasteiger charge is -2.08. The minimum absolute atomic E-state index is 0.281. The molecule has 0 atom stereocenters. The number of hydrogen-bond donors (Lipinski definition) is 1. The summed E-state index contributed by atoms with van der Waals surface area (Å²) in [5.41, 5.74) is 4.33. The highest BCUT2D eigenvalue weighted by atomic mass is 32.1. The normalized spacial score (nSPS) is 10.5. The lowest BCUT2D eigenvalue weighted by Crippen LogP contribution is -2.14. The molecular weight excluding hydrogens is 396 g/mol. The first-order chi connectivity index (χ1) is 13.5. The summed E-state index contributed by atoms with van der Waals surface area (Å²) >= 11 is 2.88. The van der Waals surface area contributed by atoms with Crippen molar-refractivity contribution >= 4 is 39.6 Å². The van der Waals surface area contributed by atoms with Gasteiger partial charge in [-0.1, -0.05) is 0 Å². The summed E-state index contributed by atoms with van der Waals surface area (Å²) in [5.74, 6) is -0.0668. The molecular formula is C20H20N2O4S2. The van der Waals surface area contributed by atoms with Crippen molar-refractivity contribution in [3.63, 3.8) is 0 Å². The standard InChI is InChI=1S/C20H20N2O4S2/c1-4-25-20(24)17-12(2)13(3)28-19(17)22-18(23)14-5-7-16(8-6-14)26-9-15-10-27-11-21-15/h5-8,10-11H,4,9H2,1-3H3,(H,22,23). The Morgan fingerprint density at radius 1 is 1.18 bits per heavy atom. The van der Waals surface area contributed by atoms with Gasteiger partial charge in [0.2, 0.25) is 0 Å². The molecule has 1 N–H and O–H groups in total. The number of thiophene rings is 1. The predicted octanol–water partition coefficient (Wildman–Crippen LogP) is 4.83. The smallest absolute Gasteiger partial charge is 0.341 e. The van der Waals surface area contributed by atoms with Gasteiger partial charge >= 0.3 is 5.97 Å². The lowest BCUT2D eigenvalue weighted by molar-refractivity contribution is 0.0527. The van der Waals surface area contributed by atoms with Crippen LogP contribution in [0.4, 0.5) is 5.00 Å². The number of aryl methyl sites for hydroxylation is 1. The minimum Gasteiger partial charge on any atom is -0.487 e. The van der Waals surface area contributed by atoms with Crippen molar-refractivity contribution in [3.05, 3.63) is 62.4 Å². The summed E-state index contributed by atoms with van der Waals surface area (Å²) in [4.78, 5) is 30.0. The first-order valence-corrected chi connectivity index (χ1v) is 10.4. The number of rotatable bonds is 7. The molecule has 146 valence electrons. The Bertz CT molecular complexity index is 963. The summed E-state index contributed by atoms with van der Waals surface area (Å²) in [6.07, 6.45) is 0. The monoisotopic (exact) mass is 416 g/mol. The van der Waals surface area contributed by atoms with Crippen molar-refractivity contribution in [1.29, 1.82) is 0 Å². The van der Waals surface area contributed by atoms with Gasteiger partial charge in [0.05, 0.1) is 23.4 Å². The molecule has 0 fully saturated rings. The molecule has 2 heterocycles. The van der Waals surface area contributed by atoms with E-state index in [1.54, 1.807) is 36.7 Å². The minimum atomic E-state index is -0.426. The van der Waals surface area contributed by atoms with Gasteiger partial charge in [-0.3, -0.25) is 4.79 Å². The Labute approximate surface area is 171 Å². The van der Waals surface area contributed by atoms with Crippen LogP contribution in [-0.2, 0) is 11.3 Å². The molecule has 8 heteroatoms. The second-order valence-electron chi connectivity index (χ2n) is 5.95. The van der Waals surface area contributed by atoms with Crippen LogP contribution in [0, 0.1) is 13.8 Å². The van der Waals surface area contributed by atoms with E-state index < -0.39 is 5.97 Å². The third kappa shape index (κ3) is 4.58. The summed E-state index contributed by atoms with van der Waals surface area (Å²) in [7, 11) is 0. The third-order valence-electron chi connectivity index (χ3n) is 4.08. The molecule has 0 saturated heterocycles. The Kier molecular flexibility index (Phi) is 6.43. The number of amides is 1. The van der Waals surface area contributed by atoms with E-state index in [1.165, 1.54) is 22.7 Å². The van der Waals surface area contributed by atoms with Gasteiger partial charge < -0.3 is 14.8 Å². The number of nitrogens with one attached hydrogen (secondary N) is 1. The zero-order chi connectivity index (χ0) is 20.1. The number of nitrogens with zero attached hydrogens (tertiary/aromatic N) is 1. The third-order valence-corrected chi connectivity index (χ3v) is 5.84. The molecule has 3 aromatic rings. The summed E-state index contributed by atoms with van der Waals surface area (Å²) in [6.45, 7) is 6.17. The summed E-state index contributed by atoms with van der Waals surface area (Å²) in [5, 5.41) is 5.26. The van der Waals surface area contributed by atoms with Crippen LogP contribution in [0.15, 0.2) is 35.2 Å². The van der Waals surface area contributed by atoms with E-state index in [0.29, 0.717) is 28.5 Å². The van der Waals surface area contributed by atoms with Gasteiger partial charge in [0.15, 0.2) is 0 Å². The Balaban J connectivity index is 1.69. The second kappa shape index (κ2) is 8.99. The molecule has 2 aromatic heterocycles. The number of benzene rings is 1. The van der Waals surface area contributed by atoms with E-state index in [4.69, 9.17) is 9.47 Å². The SMILES string of the molecule is CCOC(=O)c1c(NC(=O)c2ccc(OCc3cscn3)cc2)sc(C)c1C. The average Bonchev–Trinajstić information content (AvgIpc) is 3.29. The second-order valence-corrected chi connectivity index (χ2v) is 7.90. The van der Waals surface area contributed by atoms with Crippen LogP contribution in [0.5, 0.6) is 5.75 Å². The average molecular weight is 417 g/mol. The van der Waals surface area contributed by atoms with Crippen molar-refractivity contribution in [2.75, 3.05) is 11.9 Å². The van der Waals surface area contributed by atoms with Crippen LogP contribution >= 0.6 is 22.7 Å². The van der Waals surface area contributed by atoms with Gasteiger partial charge in [-0.2, -0.15) is 0 Å². The summed E-state index contributed by atoms with van der Waals surface area (Å²) < 4.78 is 10.8. The first kappa shape index (κ1) is 20.0. The molecule has 0 aliphatic rings. The number of aromatic nitrogens is 1. The van der Waals surface area contributed by atoms with Gasteiger partial charge in [0, 0.05) is 15.8 Å². The van der Waals surface area contributed by atoms with E-state index in [-0.39, 0.29) is 12.5 Å². The van der Waals surface area contributed by atoms with Crippen molar-refractivity contribution in [3.8, 4) is 5.75 Å². The number of anilines is 1. The van der Waals surface area contributed by atoms with Gasteiger partial charge in [-0.05, 0) is 50.6 Å². The molecule has 0 aliphatic carbocycles. The van der Waals surface area contributed by atoms with E-state index in [1.807, 2.05) is 19.2 Å². The number of thiazole rings is 1. The molecule has 0 aliphatic heterocycles. The van der Waals surface area contributed by atoms with Crippen LogP contribution in [0.1, 0.15) is 43.8 Å². The van der Waals surface area contributed by atoms with E-state index in [9.17, 15) is 9.59 Å². The zero-order valence-corrected chi connectivity index (χ0v) is 17.4. The molecule has 1 aromatic carbocycles. The number of ether oxygens (including phenoxy) is 2. The van der Waals surface area contributed by atoms with Crippen molar-refractivity contribution in [2.45, 2.75) is 27.4 Å². The van der Waals surface area contributed by atoms with Crippen LogP contribution in [0.2, 0.25) is 0 Å². The predicted molar refractivity (Wildman–Crippen MR) is 111 cm³/mol.